The summed E-state index contributed by atoms with van der Waals surface area (Å²) >= 11 is 2.54. The van der Waals surface area contributed by atoms with Crippen molar-refractivity contribution < 1.29 is 24.8 Å². The average molecular weight is 189 g/mol. The number of hydrogen-bond acceptors (Lipinski definition) is 0. The minimum Gasteiger partial charge on any atom is -1.00 e. The molecule has 0 bridgehead atoms. The first kappa shape index (κ1) is 15.7. The minimum atomic E-state index is 0. The molecule has 0 heterocycles. The van der Waals surface area contributed by atoms with Gasteiger partial charge in [0.15, 0.2) is 0 Å². The van der Waals surface area contributed by atoms with Crippen LogP contribution in [-0.4, -0.2) is 16.9 Å². The zero-order chi connectivity index (χ0) is 3.41. The van der Waals surface area contributed by atoms with E-state index in [2.05, 4.69) is 23.8 Å². The van der Waals surface area contributed by atoms with Gasteiger partial charge in [-0.1, -0.05) is 0 Å². The molecule has 0 amide bonds. The van der Waals surface area contributed by atoms with Crippen LogP contribution < -0.4 is 24.8 Å². The normalized spacial score (nSPS) is 5.00. The van der Waals surface area contributed by atoms with Crippen molar-refractivity contribution in [3.05, 3.63) is 0 Å². The molecule has 0 aliphatic carbocycles. The Labute approximate surface area is 60.4 Å². The van der Waals surface area contributed by atoms with E-state index in [1.807, 2.05) is 0 Å². The predicted molar refractivity (Wildman–Crippen MR) is 20.9 cm³/mol. The van der Waals surface area contributed by atoms with Gasteiger partial charge in [-0.25, -0.2) is 0 Å². The fourth-order valence-corrected chi connectivity index (χ4v) is 0. The summed E-state index contributed by atoms with van der Waals surface area (Å²) in [5.41, 5.74) is 0. The molecule has 2 radical (unpaired) electrons. The summed E-state index contributed by atoms with van der Waals surface area (Å²) in [5.74, 6) is 0. The summed E-state index contributed by atoms with van der Waals surface area (Å²) in [6.45, 7) is 2.16. The van der Waals surface area contributed by atoms with Crippen molar-refractivity contribution in [3.8, 4) is 0 Å². The molecule has 0 saturated carbocycles. The minimum absolute atomic E-state index is 0. The van der Waals surface area contributed by atoms with Crippen LogP contribution in [0.2, 0.25) is 5.21 Å². The third-order valence-electron chi connectivity index (χ3n) is 0.224. The van der Waals surface area contributed by atoms with Gasteiger partial charge >= 0.3 is 35.4 Å². The van der Waals surface area contributed by atoms with Crippen LogP contribution in [0.1, 0.15) is 13.3 Å². The predicted octanol–water partition coefficient (Wildman–Crippen LogP) is -5.01. The maximum absolute atomic E-state index is 2.54. The van der Waals surface area contributed by atoms with Gasteiger partial charge in [0.25, 0.3) is 0 Å². The van der Waals surface area contributed by atoms with Crippen molar-refractivity contribution in [3.63, 3.8) is 0 Å². The van der Waals surface area contributed by atoms with Crippen molar-refractivity contribution in [2.24, 2.45) is 0 Å². The van der Waals surface area contributed by atoms with Crippen LogP contribution in [0.15, 0.2) is 0 Å². The van der Waals surface area contributed by atoms with Gasteiger partial charge in [0.1, 0.15) is 0 Å². The van der Waals surface area contributed by atoms with E-state index >= 15 is 0 Å². The summed E-state index contributed by atoms with van der Waals surface area (Å²) in [4.78, 5) is 0. The summed E-state index contributed by atoms with van der Waals surface area (Å²) in [5, 5.41) is 1.26. The molecule has 0 rings (SSSR count). The van der Waals surface area contributed by atoms with Gasteiger partial charge in [-0.3, -0.25) is 0 Å². The molecule has 0 aliphatic rings. The SMILES string of the molecule is CCC[As].[Cl-].[Cl-]. The smallest absolute Gasteiger partial charge is 1.00 e. The third-order valence-corrected chi connectivity index (χ3v) is 1.16. The Morgan fingerprint density at radius 2 is 1.50 bits per heavy atom. The van der Waals surface area contributed by atoms with Crippen LogP contribution in [0.5, 0.6) is 0 Å². The third kappa shape index (κ3) is 19.2. The molecule has 40 valence electrons. The molecule has 0 nitrogen and oxygen atoms in total. The second-order valence-corrected chi connectivity index (χ2v) is 1.66. The molecule has 0 aliphatic heterocycles. The van der Waals surface area contributed by atoms with Crippen molar-refractivity contribution in [1.82, 2.24) is 0 Å². The van der Waals surface area contributed by atoms with Gasteiger partial charge in [0.2, 0.25) is 0 Å². The van der Waals surface area contributed by atoms with Crippen LogP contribution >= 0.6 is 0 Å². The van der Waals surface area contributed by atoms with E-state index in [0.717, 1.165) is 0 Å². The van der Waals surface area contributed by atoms with Crippen LogP contribution in [0.3, 0.4) is 0 Å². The molecule has 0 aromatic heterocycles. The summed E-state index contributed by atoms with van der Waals surface area (Å²) in [6, 6.07) is 0. The summed E-state index contributed by atoms with van der Waals surface area (Å²) in [6.07, 6.45) is 1.29. The number of hydrogen-bond donors (Lipinski definition) is 0. The Morgan fingerprint density at radius 3 is 1.50 bits per heavy atom. The zero-order valence-electron chi connectivity index (χ0n) is 3.62. The van der Waals surface area contributed by atoms with Gasteiger partial charge in [-0.15, -0.1) is 0 Å². The van der Waals surface area contributed by atoms with E-state index in [4.69, 9.17) is 0 Å². The van der Waals surface area contributed by atoms with Gasteiger partial charge in [0, 0.05) is 0 Å². The van der Waals surface area contributed by atoms with Crippen molar-refractivity contribution >= 4 is 16.9 Å². The fraction of sp³-hybridized carbons (Fsp3) is 1.00. The van der Waals surface area contributed by atoms with E-state index in [1.54, 1.807) is 0 Å². The monoisotopic (exact) mass is 188 g/mol. The van der Waals surface area contributed by atoms with Crippen LogP contribution in [0, 0.1) is 0 Å². The molecule has 0 N–H and O–H groups in total. The Morgan fingerprint density at radius 1 is 1.33 bits per heavy atom. The van der Waals surface area contributed by atoms with Gasteiger partial charge < -0.3 is 24.8 Å². The van der Waals surface area contributed by atoms with Crippen molar-refractivity contribution in [1.29, 1.82) is 0 Å². The maximum Gasteiger partial charge on any atom is -1.00 e. The Bertz CT molecular complexity index is 10.8. The van der Waals surface area contributed by atoms with Crippen LogP contribution in [-0.2, 0) is 0 Å². The van der Waals surface area contributed by atoms with E-state index in [1.165, 1.54) is 11.6 Å². The molecule has 0 saturated heterocycles. The quantitative estimate of drug-likeness (QED) is 0.362. The largest absolute Gasteiger partial charge is 1.00 e. The molecule has 3 heteroatoms. The maximum atomic E-state index is 2.54. The van der Waals surface area contributed by atoms with Crippen LogP contribution in [0.4, 0.5) is 0 Å². The van der Waals surface area contributed by atoms with E-state index in [9.17, 15) is 0 Å². The zero-order valence-corrected chi connectivity index (χ0v) is 7.01. The topological polar surface area (TPSA) is 0 Å². The molecule has 0 fully saturated rings. The molecule has 0 aromatic carbocycles. The number of rotatable bonds is 1. The first-order valence-electron chi connectivity index (χ1n) is 1.52. The standard InChI is InChI=1S/C3H7As.2ClH/c1-2-3-4;;/h2-3H2,1H3;2*1H/p-2. The first-order valence-corrected chi connectivity index (χ1v) is 2.85. The average Bonchev–Trinajstić information content (AvgIpc) is 1.37. The molecule has 0 unspecified atom stereocenters. The van der Waals surface area contributed by atoms with Crippen LogP contribution in [0.25, 0.3) is 0 Å². The Kier molecular flexibility index (Phi) is 43.1. The molecule has 0 atom stereocenters. The van der Waals surface area contributed by atoms with E-state index < -0.39 is 0 Å². The molecule has 6 heavy (non-hydrogen) atoms. The molecular formula is C3H7AsCl2-2. The molecule has 0 spiro atoms. The summed E-state index contributed by atoms with van der Waals surface area (Å²) < 4.78 is 0. The molecular weight excluding hydrogens is 182 g/mol. The Hall–Kier alpha value is 1.14. The molecule has 0 aromatic rings. The second kappa shape index (κ2) is 16.5. The fourth-order valence-electron chi connectivity index (χ4n) is 0. The summed E-state index contributed by atoms with van der Waals surface area (Å²) in [7, 11) is 0. The van der Waals surface area contributed by atoms with E-state index in [-0.39, 0.29) is 24.8 Å². The van der Waals surface area contributed by atoms with Crippen molar-refractivity contribution in [2.75, 3.05) is 0 Å². The Balaban J connectivity index is -0.0000000450. The van der Waals surface area contributed by atoms with E-state index in [0.29, 0.717) is 0 Å². The number of halogens is 2. The van der Waals surface area contributed by atoms with Gasteiger partial charge in [-0.05, 0) is 0 Å². The van der Waals surface area contributed by atoms with Crippen molar-refractivity contribution in [2.45, 2.75) is 18.6 Å². The first-order chi connectivity index (χ1) is 1.91. The second-order valence-electron chi connectivity index (χ2n) is 0.724. The van der Waals surface area contributed by atoms with Gasteiger partial charge in [0.05, 0.1) is 0 Å². The van der Waals surface area contributed by atoms with Gasteiger partial charge in [-0.2, -0.15) is 0 Å².